The summed E-state index contributed by atoms with van der Waals surface area (Å²) in [6.45, 7) is 0.569. The van der Waals surface area contributed by atoms with E-state index in [0.717, 1.165) is 27.7 Å². The number of aromatic nitrogens is 1. The Kier molecular flexibility index (Phi) is 1.65. The maximum Gasteiger partial charge on any atom is 0.114 e. The van der Waals surface area contributed by atoms with Crippen molar-refractivity contribution in [1.29, 1.82) is 0 Å². The quantitative estimate of drug-likeness (QED) is 0.706. The first-order valence-corrected chi connectivity index (χ1v) is 4.80. The van der Waals surface area contributed by atoms with Crippen molar-refractivity contribution in [1.82, 2.24) is 4.98 Å². The van der Waals surface area contributed by atoms with Crippen LogP contribution in [0.3, 0.4) is 0 Å². The molecule has 0 aliphatic carbocycles. The third-order valence-electron chi connectivity index (χ3n) is 2.66. The van der Waals surface area contributed by atoms with Crippen LogP contribution >= 0.6 is 0 Å². The van der Waals surface area contributed by atoms with Crippen LogP contribution in [-0.4, -0.2) is 4.98 Å². The number of rotatable bonds is 0. The first-order valence-electron chi connectivity index (χ1n) is 4.80. The SMILES string of the molecule is Nc1ccnc2ccc3c(c12)COC=C3. The maximum atomic E-state index is 5.96. The van der Waals surface area contributed by atoms with Gasteiger partial charge in [-0.15, -0.1) is 0 Å². The average Bonchev–Trinajstić information content (AvgIpc) is 2.29. The number of pyridine rings is 1. The normalized spacial score (nSPS) is 13.6. The molecular formula is C12H10N2O. The number of nitrogen functional groups attached to an aromatic ring is 1. The smallest absolute Gasteiger partial charge is 0.114 e. The minimum atomic E-state index is 0.569. The second kappa shape index (κ2) is 2.98. The van der Waals surface area contributed by atoms with Crippen molar-refractivity contribution in [3.8, 4) is 0 Å². The minimum Gasteiger partial charge on any atom is -0.496 e. The van der Waals surface area contributed by atoms with Crippen molar-refractivity contribution in [2.45, 2.75) is 6.61 Å². The molecule has 0 fully saturated rings. The highest BCUT2D eigenvalue weighted by molar-refractivity contribution is 5.95. The predicted octanol–water partition coefficient (Wildman–Crippen LogP) is 2.32. The summed E-state index contributed by atoms with van der Waals surface area (Å²) in [5.41, 5.74) is 9.93. The number of nitrogens with zero attached hydrogens (tertiary/aromatic N) is 1. The van der Waals surface area contributed by atoms with E-state index in [4.69, 9.17) is 10.5 Å². The van der Waals surface area contributed by atoms with E-state index in [1.807, 2.05) is 24.3 Å². The molecule has 3 nitrogen and oxygen atoms in total. The van der Waals surface area contributed by atoms with Gasteiger partial charge in [0.2, 0.25) is 0 Å². The van der Waals surface area contributed by atoms with Gasteiger partial charge in [-0.05, 0) is 23.8 Å². The van der Waals surface area contributed by atoms with E-state index >= 15 is 0 Å². The zero-order chi connectivity index (χ0) is 10.3. The predicted molar refractivity (Wildman–Crippen MR) is 60.0 cm³/mol. The highest BCUT2D eigenvalue weighted by Gasteiger charge is 2.11. The summed E-state index contributed by atoms with van der Waals surface area (Å²) in [5.74, 6) is 0. The van der Waals surface area contributed by atoms with E-state index in [9.17, 15) is 0 Å². The van der Waals surface area contributed by atoms with Crippen molar-refractivity contribution >= 4 is 22.7 Å². The molecule has 1 aromatic carbocycles. The van der Waals surface area contributed by atoms with Gasteiger partial charge < -0.3 is 10.5 Å². The van der Waals surface area contributed by atoms with Crippen LogP contribution in [0.1, 0.15) is 11.1 Å². The molecule has 0 spiro atoms. The fourth-order valence-electron chi connectivity index (χ4n) is 1.93. The molecule has 74 valence electrons. The van der Waals surface area contributed by atoms with E-state index in [-0.39, 0.29) is 0 Å². The number of anilines is 1. The number of fused-ring (bicyclic) bond motifs is 3. The molecule has 2 heterocycles. The molecule has 3 heteroatoms. The van der Waals surface area contributed by atoms with Gasteiger partial charge in [0.1, 0.15) is 6.61 Å². The number of ether oxygens (including phenoxy) is 1. The zero-order valence-electron chi connectivity index (χ0n) is 8.10. The lowest BCUT2D eigenvalue weighted by molar-refractivity contribution is 0.236. The molecule has 0 saturated carbocycles. The Morgan fingerprint density at radius 1 is 1.27 bits per heavy atom. The third kappa shape index (κ3) is 1.16. The summed E-state index contributed by atoms with van der Waals surface area (Å²) in [6.07, 6.45) is 5.38. The molecule has 1 aromatic heterocycles. The van der Waals surface area contributed by atoms with Crippen LogP contribution in [0.4, 0.5) is 5.69 Å². The molecule has 0 amide bonds. The van der Waals surface area contributed by atoms with E-state index in [1.165, 1.54) is 0 Å². The highest BCUT2D eigenvalue weighted by Crippen LogP contribution is 2.29. The number of nitrogens with two attached hydrogens (primary N) is 1. The van der Waals surface area contributed by atoms with Crippen LogP contribution in [-0.2, 0) is 11.3 Å². The van der Waals surface area contributed by atoms with Gasteiger partial charge in [-0.1, -0.05) is 6.07 Å². The average molecular weight is 198 g/mol. The van der Waals surface area contributed by atoms with Crippen LogP contribution in [0.15, 0.2) is 30.7 Å². The summed E-state index contributed by atoms with van der Waals surface area (Å²) < 4.78 is 5.30. The maximum absolute atomic E-state index is 5.96. The van der Waals surface area contributed by atoms with Crippen molar-refractivity contribution in [2.24, 2.45) is 0 Å². The first kappa shape index (κ1) is 8.29. The summed E-state index contributed by atoms with van der Waals surface area (Å²) in [7, 11) is 0. The van der Waals surface area contributed by atoms with E-state index < -0.39 is 0 Å². The molecule has 0 saturated heterocycles. The van der Waals surface area contributed by atoms with Crippen LogP contribution in [0.2, 0.25) is 0 Å². The van der Waals surface area contributed by atoms with Crippen LogP contribution in [0.25, 0.3) is 17.0 Å². The van der Waals surface area contributed by atoms with Crippen molar-refractivity contribution < 1.29 is 4.74 Å². The molecule has 1 aliphatic heterocycles. The van der Waals surface area contributed by atoms with Gasteiger partial charge in [0, 0.05) is 22.8 Å². The van der Waals surface area contributed by atoms with Gasteiger partial charge in [0.05, 0.1) is 11.8 Å². The van der Waals surface area contributed by atoms with Crippen molar-refractivity contribution in [3.63, 3.8) is 0 Å². The second-order valence-electron chi connectivity index (χ2n) is 3.54. The van der Waals surface area contributed by atoms with Crippen molar-refractivity contribution in [3.05, 3.63) is 41.8 Å². The second-order valence-corrected chi connectivity index (χ2v) is 3.54. The number of hydrogen-bond donors (Lipinski definition) is 1. The van der Waals surface area contributed by atoms with Crippen LogP contribution < -0.4 is 5.73 Å². The Balaban J connectivity index is 2.45. The molecule has 0 radical (unpaired) electrons. The molecule has 3 rings (SSSR count). The minimum absolute atomic E-state index is 0.569. The Bertz CT molecular complexity index is 561. The summed E-state index contributed by atoms with van der Waals surface area (Å²) in [6, 6.07) is 5.85. The standard InChI is InChI=1S/C12H10N2O/c13-10-3-5-14-11-2-1-8-4-6-15-7-9(8)12(10)11/h1-6H,7H2,(H2,13,14). The van der Waals surface area contributed by atoms with Crippen LogP contribution in [0.5, 0.6) is 0 Å². The Morgan fingerprint density at radius 2 is 2.20 bits per heavy atom. The molecular weight excluding hydrogens is 188 g/mol. The van der Waals surface area contributed by atoms with Crippen LogP contribution in [0, 0.1) is 0 Å². The van der Waals surface area contributed by atoms with Gasteiger partial charge in [0.25, 0.3) is 0 Å². The monoisotopic (exact) mass is 198 g/mol. The van der Waals surface area contributed by atoms with Gasteiger partial charge in [-0.3, -0.25) is 4.98 Å². The molecule has 15 heavy (non-hydrogen) atoms. The van der Waals surface area contributed by atoms with Crippen molar-refractivity contribution in [2.75, 3.05) is 5.73 Å². The Labute approximate surface area is 87.2 Å². The number of hydrogen-bond acceptors (Lipinski definition) is 3. The lowest BCUT2D eigenvalue weighted by Crippen LogP contribution is -2.00. The zero-order valence-corrected chi connectivity index (χ0v) is 8.10. The fraction of sp³-hybridized carbons (Fsp3) is 0.0833. The largest absolute Gasteiger partial charge is 0.496 e. The topological polar surface area (TPSA) is 48.1 Å². The third-order valence-corrected chi connectivity index (χ3v) is 2.66. The molecule has 2 aromatic rings. The van der Waals surface area contributed by atoms with Gasteiger partial charge in [0.15, 0.2) is 0 Å². The highest BCUT2D eigenvalue weighted by atomic mass is 16.5. The lowest BCUT2D eigenvalue weighted by Gasteiger charge is -2.14. The van der Waals surface area contributed by atoms with E-state index in [1.54, 1.807) is 12.5 Å². The Morgan fingerprint density at radius 3 is 3.13 bits per heavy atom. The van der Waals surface area contributed by atoms with Gasteiger partial charge >= 0.3 is 0 Å². The van der Waals surface area contributed by atoms with E-state index in [0.29, 0.717) is 6.61 Å². The summed E-state index contributed by atoms with van der Waals surface area (Å²) in [4.78, 5) is 4.29. The van der Waals surface area contributed by atoms with Gasteiger partial charge in [-0.25, -0.2) is 0 Å². The summed E-state index contributed by atoms with van der Waals surface area (Å²) >= 11 is 0. The van der Waals surface area contributed by atoms with Gasteiger partial charge in [-0.2, -0.15) is 0 Å². The van der Waals surface area contributed by atoms with E-state index in [2.05, 4.69) is 4.98 Å². The molecule has 0 unspecified atom stereocenters. The fourth-order valence-corrected chi connectivity index (χ4v) is 1.93. The molecule has 2 N–H and O–H groups in total. The Hall–Kier alpha value is -2.03. The lowest BCUT2D eigenvalue weighted by atomic mass is 10.00. The molecule has 0 atom stereocenters. The number of benzene rings is 1. The summed E-state index contributed by atoms with van der Waals surface area (Å²) in [5, 5.41) is 1.01. The molecule has 1 aliphatic rings. The first-order chi connectivity index (χ1) is 7.36. The molecule has 0 bridgehead atoms.